The lowest BCUT2D eigenvalue weighted by Gasteiger charge is -2.00. The quantitative estimate of drug-likeness (QED) is 0.849. The summed E-state index contributed by atoms with van der Waals surface area (Å²) in [5.74, 6) is 0. The van der Waals surface area contributed by atoms with Crippen LogP contribution in [0.15, 0.2) is 33.5 Å². The predicted octanol–water partition coefficient (Wildman–Crippen LogP) is 2.42. The minimum atomic E-state index is -0.00424. The van der Waals surface area contributed by atoms with Crippen LogP contribution in [0.5, 0.6) is 0 Å². The van der Waals surface area contributed by atoms with Gasteiger partial charge >= 0.3 is 4.87 Å². The van der Waals surface area contributed by atoms with Crippen LogP contribution >= 0.6 is 27.3 Å². The number of rotatable bonds is 2. The van der Waals surface area contributed by atoms with E-state index in [9.17, 15) is 4.79 Å². The molecule has 0 aliphatic heterocycles. The molecule has 1 aromatic carbocycles. The summed E-state index contributed by atoms with van der Waals surface area (Å²) < 4.78 is 2.52. The number of halogens is 1. The highest BCUT2D eigenvalue weighted by atomic mass is 79.9. The second kappa shape index (κ2) is 4.28. The van der Waals surface area contributed by atoms with Crippen LogP contribution in [0, 0.1) is 6.92 Å². The first kappa shape index (κ1) is 10.6. The summed E-state index contributed by atoms with van der Waals surface area (Å²) in [7, 11) is 0. The molecule has 0 fully saturated rings. The van der Waals surface area contributed by atoms with Gasteiger partial charge in [0.2, 0.25) is 0 Å². The molecule has 0 radical (unpaired) electrons. The molecule has 2 aromatic rings. The third-order valence-corrected chi connectivity index (χ3v) is 3.24. The van der Waals surface area contributed by atoms with Crippen molar-refractivity contribution in [3.63, 3.8) is 0 Å². The van der Waals surface area contributed by atoms with E-state index in [4.69, 9.17) is 0 Å². The van der Waals surface area contributed by atoms with E-state index in [-0.39, 0.29) is 4.87 Å². The van der Waals surface area contributed by atoms with Crippen molar-refractivity contribution >= 4 is 27.3 Å². The molecular weight excluding hydrogens is 276 g/mol. The van der Waals surface area contributed by atoms with Crippen LogP contribution in [0.25, 0.3) is 0 Å². The molecule has 0 N–H and O–H groups in total. The van der Waals surface area contributed by atoms with Gasteiger partial charge in [0, 0.05) is 4.47 Å². The molecule has 1 heterocycles. The van der Waals surface area contributed by atoms with Gasteiger partial charge in [0.25, 0.3) is 0 Å². The minimum absolute atomic E-state index is 0.00424. The second-order valence-electron chi connectivity index (χ2n) is 3.17. The summed E-state index contributed by atoms with van der Waals surface area (Å²) in [6.07, 6.45) is 0. The molecule has 0 bridgehead atoms. The van der Waals surface area contributed by atoms with Gasteiger partial charge in [0.05, 0.1) is 6.54 Å². The Hall–Kier alpha value is -0.940. The van der Waals surface area contributed by atoms with Gasteiger partial charge in [-0.3, -0.25) is 4.79 Å². The molecule has 0 saturated heterocycles. The summed E-state index contributed by atoms with van der Waals surface area (Å²) in [5, 5.41) is 4.94. The lowest BCUT2D eigenvalue weighted by molar-refractivity contribution is 0.659. The fraction of sp³-hybridized carbons (Fsp3) is 0.200. The number of hydrogen-bond donors (Lipinski definition) is 0. The number of nitrogens with zero attached hydrogens (tertiary/aromatic N) is 2. The maximum absolute atomic E-state index is 11.4. The van der Waals surface area contributed by atoms with Gasteiger partial charge < -0.3 is 0 Å². The highest BCUT2D eigenvalue weighted by Crippen LogP contribution is 2.11. The first-order valence-corrected chi connectivity index (χ1v) is 6.05. The molecule has 0 amide bonds. The van der Waals surface area contributed by atoms with Gasteiger partial charge in [0.15, 0.2) is 0 Å². The smallest absolute Gasteiger partial charge is 0.255 e. The van der Waals surface area contributed by atoms with Crippen molar-refractivity contribution in [1.29, 1.82) is 0 Å². The highest BCUT2D eigenvalue weighted by Gasteiger charge is 2.02. The largest absolute Gasteiger partial charge is 0.325 e. The Morgan fingerprint density at radius 1 is 1.40 bits per heavy atom. The van der Waals surface area contributed by atoms with Crippen molar-refractivity contribution in [2.24, 2.45) is 0 Å². The van der Waals surface area contributed by atoms with Crippen LogP contribution in [0.4, 0.5) is 0 Å². The zero-order valence-corrected chi connectivity index (χ0v) is 10.5. The van der Waals surface area contributed by atoms with Gasteiger partial charge in [-0.1, -0.05) is 39.4 Å². The fourth-order valence-corrected chi connectivity index (χ4v) is 2.14. The Kier molecular flexibility index (Phi) is 3.02. The van der Waals surface area contributed by atoms with Gasteiger partial charge in [-0.25, -0.2) is 4.68 Å². The van der Waals surface area contributed by atoms with Gasteiger partial charge in [-0.2, -0.15) is 5.10 Å². The van der Waals surface area contributed by atoms with Crippen molar-refractivity contribution in [1.82, 2.24) is 9.78 Å². The summed E-state index contributed by atoms with van der Waals surface area (Å²) in [5.41, 5.74) is 1.07. The Labute approximate surface area is 99.5 Å². The number of aromatic nitrogens is 2. The molecule has 2 rings (SSSR count). The van der Waals surface area contributed by atoms with E-state index in [1.807, 2.05) is 31.2 Å². The second-order valence-corrected chi connectivity index (χ2v) is 5.23. The van der Waals surface area contributed by atoms with E-state index in [1.54, 1.807) is 0 Å². The first-order valence-electron chi connectivity index (χ1n) is 4.44. The topological polar surface area (TPSA) is 34.9 Å². The molecule has 0 aliphatic carbocycles. The third kappa shape index (κ3) is 2.54. The monoisotopic (exact) mass is 284 g/mol. The van der Waals surface area contributed by atoms with Crippen molar-refractivity contribution in [3.8, 4) is 0 Å². The standard InChI is InChI=1S/C10H9BrN2OS/c1-7-12-13(10(14)15-7)6-8-2-4-9(11)5-3-8/h2-5H,6H2,1H3. The highest BCUT2D eigenvalue weighted by molar-refractivity contribution is 9.10. The van der Waals surface area contributed by atoms with E-state index in [1.165, 1.54) is 16.0 Å². The van der Waals surface area contributed by atoms with Crippen LogP contribution in [0.1, 0.15) is 10.6 Å². The maximum Gasteiger partial charge on any atom is 0.325 e. The Morgan fingerprint density at radius 2 is 2.07 bits per heavy atom. The zero-order valence-electron chi connectivity index (χ0n) is 8.11. The van der Waals surface area contributed by atoms with Crippen LogP contribution in [-0.4, -0.2) is 9.78 Å². The summed E-state index contributed by atoms with van der Waals surface area (Å²) in [4.78, 5) is 11.4. The molecule has 78 valence electrons. The Balaban J connectivity index is 2.25. The lowest BCUT2D eigenvalue weighted by Crippen LogP contribution is -2.15. The minimum Gasteiger partial charge on any atom is -0.255 e. The Morgan fingerprint density at radius 3 is 2.60 bits per heavy atom. The predicted molar refractivity (Wildman–Crippen MR) is 64.4 cm³/mol. The van der Waals surface area contributed by atoms with E-state index in [0.717, 1.165) is 15.0 Å². The molecular formula is C10H9BrN2OS. The van der Waals surface area contributed by atoms with E-state index >= 15 is 0 Å². The third-order valence-electron chi connectivity index (χ3n) is 1.95. The molecule has 0 unspecified atom stereocenters. The molecule has 5 heteroatoms. The van der Waals surface area contributed by atoms with Crippen molar-refractivity contribution in [2.45, 2.75) is 13.5 Å². The van der Waals surface area contributed by atoms with E-state index in [2.05, 4.69) is 21.0 Å². The lowest BCUT2D eigenvalue weighted by atomic mass is 10.2. The summed E-state index contributed by atoms with van der Waals surface area (Å²) in [6, 6.07) is 7.87. The number of hydrogen-bond acceptors (Lipinski definition) is 3. The van der Waals surface area contributed by atoms with Crippen LogP contribution in [0.3, 0.4) is 0 Å². The van der Waals surface area contributed by atoms with Crippen LogP contribution in [-0.2, 0) is 6.54 Å². The van der Waals surface area contributed by atoms with E-state index < -0.39 is 0 Å². The average molecular weight is 285 g/mol. The molecule has 15 heavy (non-hydrogen) atoms. The van der Waals surface area contributed by atoms with E-state index in [0.29, 0.717) is 6.54 Å². The molecule has 0 spiro atoms. The van der Waals surface area contributed by atoms with Gasteiger partial charge in [-0.05, 0) is 24.6 Å². The van der Waals surface area contributed by atoms with Gasteiger partial charge in [0.1, 0.15) is 5.01 Å². The average Bonchev–Trinajstić information content (AvgIpc) is 2.49. The summed E-state index contributed by atoms with van der Waals surface area (Å²) in [6.45, 7) is 2.38. The van der Waals surface area contributed by atoms with Crippen LogP contribution in [0.2, 0.25) is 0 Å². The normalized spacial score (nSPS) is 10.5. The van der Waals surface area contributed by atoms with Crippen LogP contribution < -0.4 is 4.87 Å². The molecule has 0 atom stereocenters. The maximum atomic E-state index is 11.4. The molecule has 3 nitrogen and oxygen atoms in total. The number of benzene rings is 1. The zero-order chi connectivity index (χ0) is 10.8. The van der Waals surface area contributed by atoms with Crippen molar-refractivity contribution in [2.75, 3.05) is 0 Å². The summed E-state index contributed by atoms with van der Waals surface area (Å²) >= 11 is 4.55. The SMILES string of the molecule is Cc1nn(Cc2ccc(Br)cc2)c(=O)s1. The molecule has 0 aliphatic rings. The van der Waals surface area contributed by atoms with Crippen molar-refractivity contribution in [3.05, 3.63) is 49.0 Å². The molecule has 0 saturated carbocycles. The van der Waals surface area contributed by atoms with Crippen molar-refractivity contribution < 1.29 is 0 Å². The molecule has 1 aromatic heterocycles. The Bertz CT molecular complexity index is 515. The van der Waals surface area contributed by atoms with Gasteiger partial charge in [-0.15, -0.1) is 0 Å². The first-order chi connectivity index (χ1) is 7.15. The number of aryl methyl sites for hydroxylation is 1. The fourth-order valence-electron chi connectivity index (χ4n) is 1.27.